The Morgan fingerprint density at radius 3 is 1.72 bits per heavy atom. The Morgan fingerprint density at radius 1 is 0.781 bits per heavy atom. The van der Waals surface area contributed by atoms with Crippen molar-refractivity contribution < 1.29 is 51.0 Å². The molecule has 32 heavy (non-hydrogen) atoms. The third-order valence-electron chi connectivity index (χ3n) is 5.81. The van der Waals surface area contributed by atoms with Crippen LogP contribution in [0.2, 0.25) is 0 Å². The van der Waals surface area contributed by atoms with E-state index in [-0.39, 0.29) is 61.8 Å². The van der Waals surface area contributed by atoms with E-state index in [2.05, 4.69) is 86.2 Å². The van der Waals surface area contributed by atoms with E-state index in [1.54, 1.807) is 0 Å². The minimum atomic E-state index is 0. The Morgan fingerprint density at radius 2 is 1.28 bits per heavy atom. The Kier molecular flexibility index (Phi) is 11.2. The Hall–Kier alpha value is -0.877. The zero-order valence-corrected chi connectivity index (χ0v) is 24.7. The number of rotatable bonds is 0. The molecule has 1 radical (unpaired) electrons. The van der Waals surface area contributed by atoms with Crippen LogP contribution in [0.15, 0.2) is 54.7 Å². The molecule has 169 valence electrons. The Balaban J connectivity index is 0.000000933. The van der Waals surface area contributed by atoms with Gasteiger partial charge in [0.05, 0.1) is 0 Å². The van der Waals surface area contributed by atoms with Gasteiger partial charge in [-0.25, -0.2) is 0 Å². The van der Waals surface area contributed by atoms with Gasteiger partial charge in [0.25, 0.3) is 0 Å². The van der Waals surface area contributed by atoms with Crippen molar-refractivity contribution in [3.63, 3.8) is 0 Å². The zero-order chi connectivity index (χ0) is 21.6. The van der Waals surface area contributed by atoms with Crippen molar-refractivity contribution >= 4 is 0 Å². The van der Waals surface area contributed by atoms with Crippen molar-refractivity contribution in [2.75, 3.05) is 0 Å². The fourth-order valence-corrected chi connectivity index (χ4v) is 4.44. The van der Waals surface area contributed by atoms with E-state index in [0.29, 0.717) is 0 Å². The summed E-state index contributed by atoms with van der Waals surface area (Å²) in [6, 6.07) is 10.9. The van der Waals surface area contributed by atoms with Crippen LogP contribution < -0.4 is 24.8 Å². The Labute approximate surface area is 227 Å². The second-order valence-corrected chi connectivity index (χ2v) is 10.5. The number of benzene rings is 2. The molecule has 4 rings (SSSR count). The molecule has 0 saturated carbocycles. The van der Waals surface area contributed by atoms with Crippen LogP contribution in [0.25, 0.3) is 11.1 Å². The average Bonchev–Trinajstić information content (AvgIpc) is 3.17. The molecule has 2 aliphatic carbocycles. The van der Waals surface area contributed by atoms with E-state index in [9.17, 15) is 0 Å². The molecular formula is C29H35Cl2Zr. The van der Waals surface area contributed by atoms with Crippen LogP contribution in [0.5, 0.6) is 0 Å². The first-order valence-corrected chi connectivity index (χ1v) is 10.6. The van der Waals surface area contributed by atoms with Crippen molar-refractivity contribution in [1.82, 2.24) is 0 Å². The van der Waals surface area contributed by atoms with Crippen LogP contribution in [0.1, 0.15) is 74.9 Å². The summed E-state index contributed by atoms with van der Waals surface area (Å²) in [6.07, 6.45) is 8.92. The second kappa shape index (κ2) is 11.5. The van der Waals surface area contributed by atoms with Gasteiger partial charge in [-0.05, 0) is 41.0 Å². The molecule has 0 nitrogen and oxygen atoms in total. The van der Waals surface area contributed by atoms with Crippen molar-refractivity contribution in [3.8, 4) is 11.1 Å². The first-order chi connectivity index (χ1) is 13.4. The molecule has 0 unspecified atom stereocenters. The summed E-state index contributed by atoms with van der Waals surface area (Å²) < 4.78 is 0. The maximum atomic E-state index is 3.69. The maximum Gasteiger partial charge on any atom is 3.00 e. The minimum absolute atomic E-state index is 0. The molecule has 3 heteroatoms. The van der Waals surface area contributed by atoms with Gasteiger partial charge in [-0.2, -0.15) is 17.7 Å². The number of fused-ring (bicyclic) bond motifs is 3. The summed E-state index contributed by atoms with van der Waals surface area (Å²) in [5, 5.41) is 0. The van der Waals surface area contributed by atoms with E-state index in [4.69, 9.17) is 0 Å². The number of halogens is 2. The molecule has 2 aromatic rings. The van der Waals surface area contributed by atoms with Crippen LogP contribution in [0, 0.1) is 19.9 Å². The summed E-state index contributed by atoms with van der Waals surface area (Å²) >= 11 is 0. The fourth-order valence-electron chi connectivity index (χ4n) is 4.44. The van der Waals surface area contributed by atoms with Gasteiger partial charge in [0.15, 0.2) is 0 Å². The van der Waals surface area contributed by atoms with E-state index >= 15 is 0 Å². The van der Waals surface area contributed by atoms with Crippen LogP contribution in [-0.4, -0.2) is 0 Å². The summed E-state index contributed by atoms with van der Waals surface area (Å²) in [4.78, 5) is 0. The van der Waals surface area contributed by atoms with Crippen molar-refractivity contribution in [2.24, 2.45) is 0 Å². The number of aryl methyl sites for hydroxylation is 2. The van der Waals surface area contributed by atoms with E-state index in [1.165, 1.54) is 44.5 Å². The molecule has 0 spiro atoms. The smallest absolute Gasteiger partial charge is 1.00 e. The quantitative estimate of drug-likeness (QED) is 0.379. The number of hydrogen-bond donors (Lipinski definition) is 0. The first kappa shape index (κ1) is 31.1. The minimum Gasteiger partial charge on any atom is -1.00 e. The zero-order valence-electron chi connectivity index (χ0n) is 20.7. The molecule has 2 aliphatic rings. The molecule has 0 bridgehead atoms. The van der Waals surface area contributed by atoms with Gasteiger partial charge in [0.2, 0.25) is 0 Å². The number of hydrogen-bond acceptors (Lipinski definition) is 0. The molecule has 0 amide bonds. The van der Waals surface area contributed by atoms with E-state index in [1.807, 2.05) is 24.3 Å². The van der Waals surface area contributed by atoms with Crippen molar-refractivity contribution in [3.05, 3.63) is 94.1 Å². The van der Waals surface area contributed by atoms with Crippen LogP contribution in [-0.2, 0) is 43.5 Å². The topological polar surface area (TPSA) is 0 Å². The molecule has 0 N–H and O–H groups in total. The van der Waals surface area contributed by atoms with Crippen LogP contribution in [0.3, 0.4) is 0 Å². The van der Waals surface area contributed by atoms with Gasteiger partial charge in [-0.3, -0.25) is 0 Å². The molecular weight excluding hydrogens is 510 g/mol. The Bertz CT molecular complexity index is 947. The van der Waals surface area contributed by atoms with Crippen LogP contribution in [0.4, 0.5) is 0 Å². The summed E-state index contributed by atoms with van der Waals surface area (Å²) in [5.74, 6) is 0. The van der Waals surface area contributed by atoms with Crippen LogP contribution >= 0.6 is 0 Å². The molecule has 2 aromatic carbocycles. The van der Waals surface area contributed by atoms with Crippen molar-refractivity contribution in [2.45, 2.75) is 72.6 Å². The van der Waals surface area contributed by atoms with E-state index < -0.39 is 0 Å². The third kappa shape index (κ3) is 6.82. The average molecular weight is 546 g/mol. The monoisotopic (exact) mass is 543 g/mol. The summed E-state index contributed by atoms with van der Waals surface area (Å²) in [6.45, 7) is 21.9. The largest absolute Gasteiger partial charge is 3.00 e. The molecule has 0 saturated heterocycles. The maximum absolute atomic E-state index is 3.69. The van der Waals surface area contributed by atoms with Gasteiger partial charge in [-0.1, -0.05) is 102 Å². The molecule has 0 aliphatic heterocycles. The van der Waals surface area contributed by atoms with E-state index in [0.717, 1.165) is 12.0 Å². The first-order valence-electron chi connectivity index (χ1n) is 10.6. The normalized spacial score (nSPS) is 13.2. The van der Waals surface area contributed by atoms with Crippen molar-refractivity contribution in [1.29, 1.82) is 0 Å². The van der Waals surface area contributed by atoms with Gasteiger partial charge in [0, 0.05) is 0 Å². The second-order valence-electron chi connectivity index (χ2n) is 10.5. The van der Waals surface area contributed by atoms with Gasteiger partial charge in [0.1, 0.15) is 0 Å². The van der Waals surface area contributed by atoms with Gasteiger partial charge in [-0.15, -0.1) is 16.7 Å². The summed E-state index contributed by atoms with van der Waals surface area (Å²) in [7, 11) is 0. The predicted octanol–water partition coefficient (Wildman–Crippen LogP) is 1.94. The predicted molar refractivity (Wildman–Crippen MR) is 128 cm³/mol. The number of allylic oxidation sites excluding steroid dienone is 5. The fraction of sp³-hybridized carbons (Fsp3) is 0.379. The van der Waals surface area contributed by atoms with Gasteiger partial charge < -0.3 is 24.8 Å². The SMILES string of the molecule is C=C1C=CC=C1.Cc1[c-]c2c(cc1C(C)(C)C)-c1cc(C(C)(C)C)c(C)cc1C2.[Cl-].[Cl-].[Zr+3]. The molecule has 0 atom stereocenters. The molecule has 0 fully saturated rings. The third-order valence-corrected chi connectivity index (χ3v) is 5.81. The van der Waals surface area contributed by atoms with Gasteiger partial charge >= 0.3 is 26.2 Å². The molecule has 0 aromatic heterocycles. The standard InChI is InChI=1S/C23H29.C6H6.2ClH.Zr/c1-14-9-16-11-17-10-15(2)21(23(6,7)8)13-19(17)18(16)12-20(14)22(3,4)5;1-6-4-2-3-5-6;;;/h9,12-13H,11H2,1-8H3;2-5H,1H2;2*1H;/q-1;;;;+3/p-2. The summed E-state index contributed by atoms with van der Waals surface area (Å²) in [5.41, 5.74) is 12.7. The molecule has 0 heterocycles.